The van der Waals surface area contributed by atoms with Gasteiger partial charge in [0.05, 0.1) is 31.8 Å². The van der Waals surface area contributed by atoms with Gasteiger partial charge < -0.3 is 19.5 Å². The molecule has 0 amide bonds. The van der Waals surface area contributed by atoms with Gasteiger partial charge in [-0.1, -0.05) is 12.2 Å². The first-order chi connectivity index (χ1) is 17.4. The lowest BCUT2D eigenvalue weighted by Gasteiger charge is -2.38. The molecule has 3 aromatic carbocycles. The van der Waals surface area contributed by atoms with Crippen LogP contribution < -0.4 is 24.2 Å². The monoisotopic (exact) mass is 506 g/mol. The Morgan fingerprint density at radius 1 is 0.944 bits per heavy atom. The summed E-state index contributed by atoms with van der Waals surface area (Å²) in [6.07, 6.45) is 5.23. The van der Waals surface area contributed by atoms with Gasteiger partial charge >= 0.3 is 0 Å². The number of hydrogen-bond acceptors (Lipinski definition) is 6. The second-order valence-electron chi connectivity index (χ2n) is 8.90. The van der Waals surface area contributed by atoms with E-state index < -0.39 is 10.0 Å². The van der Waals surface area contributed by atoms with Crippen LogP contribution in [-0.2, 0) is 10.0 Å². The third-order valence-corrected chi connectivity index (χ3v) is 8.21. The number of ether oxygens (including phenoxy) is 3. The predicted octanol–water partition coefficient (Wildman–Crippen LogP) is 5.73. The average molecular weight is 507 g/mol. The first-order valence-corrected chi connectivity index (χ1v) is 13.5. The van der Waals surface area contributed by atoms with Crippen LogP contribution in [-0.4, -0.2) is 29.2 Å². The van der Waals surface area contributed by atoms with Crippen molar-refractivity contribution in [2.24, 2.45) is 5.92 Å². The summed E-state index contributed by atoms with van der Waals surface area (Å²) < 4.78 is 45.7. The Morgan fingerprint density at radius 3 is 2.44 bits per heavy atom. The van der Waals surface area contributed by atoms with Crippen molar-refractivity contribution >= 4 is 21.4 Å². The van der Waals surface area contributed by atoms with Gasteiger partial charge in [0.1, 0.15) is 17.2 Å². The van der Waals surface area contributed by atoms with Gasteiger partial charge in [0, 0.05) is 22.9 Å². The van der Waals surface area contributed by atoms with Gasteiger partial charge in [0.2, 0.25) is 0 Å². The van der Waals surface area contributed by atoms with E-state index in [-0.39, 0.29) is 22.8 Å². The maximum Gasteiger partial charge on any atom is 0.261 e. The molecule has 0 radical (unpaired) electrons. The zero-order chi connectivity index (χ0) is 25.3. The molecular formula is C28H30N2O5S. The van der Waals surface area contributed by atoms with Crippen LogP contribution in [0.25, 0.3) is 0 Å². The van der Waals surface area contributed by atoms with Crippen molar-refractivity contribution in [3.05, 3.63) is 83.9 Å². The van der Waals surface area contributed by atoms with Crippen LogP contribution in [0.4, 0.5) is 11.4 Å². The Balaban J connectivity index is 1.46. The van der Waals surface area contributed by atoms with Gasteiger partial charge in [-0.3, -0.25) is 4.72 Å². The lowest BCUT2D eigenvalue weighted by Crippen LogP contribution is -2.29. The molecule has 2 aliphatic rings. The highest BCUT2D eigenvalue weighted by Gasteiger charge is 2.39. The Kier molecular flexibility index (Phi) is 6.53. The molecule has 0 saturated heterocycles. The molecular weight excluding hydrogens is 476 g/mol. The molecule has 36 heavy (non-hydrogen) atoms. The molecule has 5 rings (SSSR count). The van der Waals surface area contributed by atoms with E-state index in [2.05, 4.69) is 22.2 Å². The van der Waals surface area contributed by atoms with Gasteiger partial charge in [-0.2, -0.15) is 0 Å². The number of anilines is 2. The van der Waals surface area contributed by atoms with Crippen molar-refractivity contribution in [2.45, 2.75) is 30.2 Å². The number of rotatable bonds is 8. The number of methoxy groups -OCH3 is 2. The highest BCUT2D eigenvalue weighted by atomic mass is 32.2. The highest BCUT2D eigenvalue weighted by molar-refractivity contribution is 7.92. The first kappa shape index (κ1) is 24.1. The maximum absolute atomic E-state index is 13.2. The van der Waals surface area contributed by atoms with Crippen molar-refractivity contribution in [3.8, 4) is 17.2 Å². The third kappa shape index (κ3) is 4.48. The standard InChI is InChI=1S/C28H30N2O5S/c1-4-35-19-10-8-18(9-11-19)30-36(31,32)21-13-14-26-24(17-21)22-6-5-7-23(22)28(29-26)25-16-20(33-2)12-15-27(25)34-3/h5-6,8-17,22-23,28-30H,4,7H2,1-3H3/t22-,23+,28-/m0/s1. The number of nitrogens with one attached hydrogen (secondary N) is 2. The van der Waals surface area contributed by atoms with Crippen LogP contribution >= 0.6 is 0 Å². The fourth-order valence-electron chi connectivity index (χ4n) is 5.13. The topological polar surface area (TPSA) is 85.9 Å². The normalized spacial score (nSPS) is 20.1. The van der Waals surface area contributed by atoms with Crippen molar-refractivity contribution in [3.63, 3.8) is 0 Å². The Bertz CT molecular complexity index is 1390. The van der Waals surface area contributed by atoms with E-state index in [1.807, 2.05) is 31.2 Å². The molecule has 0 unspecified atom stereocenters. The first-order valence-electron chi connectivity index (χ1n) is 12.0. The molecule has 1 aliphatic carbocycles. The number of fused-ring (bicyclic) bond motifs is 3. The van der Waals surface area contributed by atoms with Crippen molar-refractivity contribution < 1.29 is 22.6 Å². The average Bonchev–Trinajstić information content (AvgIpc) is 3.39. The lowest BCUT2D eigenvalue weighted by molar-refractivity contribution is 0.340. The quantitative estimate of drug-likeness (QED) is 0.380. The van der Waals surface area contributed by atoms with E-state index >= 15 is 0 Å². The zero-order valence-electron chi connectivity index (χ0n) is 20.5. The van der Waals surface area contributed by atoms with Crippen molar-refractivity contribution in [1.29, 1.82) is 0 Å². The van der Waals surface area contributed by atoms with E-state index in [0.717, 1.165) is 34.7 Å². The summed E-state index contributed by atoms with van der Waals surface area (Å²) in [5.74, 6) is 2.56. The lowest BCUT2D eigenvalue weighted by atomic mass is 9.77. The van der Waals surface area contributed by atoms with Gasteiger partial charge in [0.25, 0.3) is 10.0 Å². The van der Waals surface area contributed by atoms with E-state index in [1.165, 1.54) is 0 Å². The summed E-state index contributed by atoms with van der Waals surface area (Å²) in [7, 11) is -0.446. The van der Waals surface area contributed by atoms with Crippen LogP contribution in [0.3, 0.4) is 0 Å². The number of hydrogen-bond donors (Lipinski definition) is 2. The zero-order valence-corrected chi connectivity index (χ0v) is 21.3. The van der Waals surface area contributed by atoms with E-state index in [1.54, 1.807) is 50.6 Å². The summed E-state index contributed by atoms with van der Waals surface area (Å²) in [4.78, 5) is 0.230. The van der Waals surface area contributed by atoms with Gasteiger partial charge in [-0.25, -0.2) is 8.42 Å². The molecule has 3 atom stereocenters. The van der Waals surface area contributed by atoms with Crippen LogP contribution in [0, 0.1) is 5.92 Å². The summed E-state index contributed by atoms with van der Waals surface area (Å²) in [5, 5.41) is 3.65. The van der Waals surface area contributed by atoms with Gasteiger partial charge in [-0.15, -0.1) is 0 Å². The van der Waals surface area contributed by atoms with Crippen LogP contribution in [0.15, 0.2) is 77.7 Å². The fraction of sp³-hybridized carbons (Fsp3) is 0.286. The summed E-state index contributed by atoms with van der Waals surface area (Å²) in [5.41, 5.74) is 3.40. The summed E-state index contributed by atoms with van der Waals surface area (Å²) in [6.45, 7) is 2.46. The number of sulfonamides is 1. The van der Waals surface area contributed by atoms with Crippen LogP contribution in [0.2, 0.25) is 0 Å². The van der Waals surface area contributed by atoms with Crippen molar-refractivity contribution in [1.82, 2.24) is 0 Å². The van der Waals surface area contributed by atoms with Crippen LogP contribution in [0.5, 0.6) is 17.2 Å². The van der Waals surface area contributed by atoms with Gasteiger partial charge in [-0.05, 0) is 85.5 Å². The minimum Gasteiger partial charge on any atom is -0.497 e. The Morgan fingerprint density at radius 2 is 1.72 bits per heavy atom. The second kappa shape index (κ2) is 9.78. The molecule has 0 spiro atoms. The smallest absolute Gasteiger partial charge is 0.261 e. The van der Waals surface area contributed by atoms with Gasteiger partial charge in [0.15, 0.2) is 0 Å². The third-order valence-electron chi connectivity index (χ3n) is 6.83. The molecule has 0 bridgehead atoms. The molecule has 8 heteroatoms. The second-order valence-corrected chi connectivity index (χ2v) is 10.6. The number of benzene rings is 3. The van der Waals surface area contributed by atoms with Crippen LogP contribution in [0.1, 0.15) is 36.4 Å². The summed E-state index contributed by atoms with van der Waals surface area (Å²) in [6, 6.07) is 18.0. The van der Waals surface area contributed by atoms with E-state index in [4.69, 9.17) is 14.2 Å². The largest absolute Gasteiger partial charge is 0.497 e. The molecule has 7 nitrogen and oxygen atoms in total. The minimum absolute atomic E-state index is 0.00742. The molecule has 0 aromatic heterocycles. The molecule has 188 valence electrons. The molecule has 1 heterocycles. The Hall–Kier alpha value is -3.65. The molecule has 1 aliphatic heterocycles. The SMILES string of the molecule is CCOc1ccc(NS(=O)(=O)c2ccc3c(c2)[C@H]2C=CC[C@H]2[C@@H](c2cc(OC)ccc2OC)N3)cc1. The molecule has 0 fully saturated rings. The predicted molar refractivity (Wildman–Crippen MR) is 141 cm³/mol. The Labute approximate surface area is 212 Å². The van der Waals surface area contributed by atoms with E-state index in [9.17, 15) is 8.42 Å². The van der Waals surface area contributed by atoms with Crippen molar-refractivity contribution in [2.75, 3.05) is 30.9 Å². The molecule has 0 saturated carbocycles. The summed E-state index contributed by atoms with van der Waals surface area (Å²) >= 11 is 0. The highest BCUT2D eigenvalue weighted by Crippen LogP contribution is 2.52. The molecule has 2 N–H and O–H groups in total. The van der Waals surface area contributed by atoms with E-state index in [0.29, 0.717) is 18.0 Å². The number of allylic oxidation sites excluding steroid dienone is 2. The minimum atomic E-state index is -3.77. The fourth-order valence-corrected chi connectivity index (χ4v) is 6.22. The molecule has 3 aromatic rings. The maximum atomic E-state index is 13.2.